The van der Waals surface area contributed by atoms with Gasteiger partial charge in [0.1, 0.15) is 5.52 Å². The minimum atomic E-state index is -0.414. The normalized spacial score (nSPS) is 10.8. The van der Waals surface area contributed by atoms with E-state index in [0.717, 1.165) is 0 Å². The van der Waals surface area contributed by atoms with Gasteiger partial charge in [-0.1, -0.05) is 13.8 Å². The number of pyridine rings is 1. The molecule has 0 aliphatic rings. The molecule has 0 aliphatic carbocycles. The van der Waals surface area contributed by atoms with Crippen molar-refractivity contribution in [2.24, 2.45) is 5.92 Å². The molecule has 0 radical (unpaired) electrons. The second-order valence-electron chi connectivity index (χ2n) is 3.83. The summed E-state index contributed by atoms with van der Waals surface area (Å²) in [7, 11) is 0. The zero-order valence-corrected chi connectivity index (χ0v) is 9.43. The summed E-state index contributed by atoms with van der Waals surface area (Å²) < 4.78 is 5.11. The number of carbonyl (C=O) groups excluding carboxylic acids is 1. The van der Waals surface area contributed by atoms with Crippen molar-refractivity contribution in [2.75, 3.05) is 0 Å². The second kappa shape index (κ2) is 4.32. The van der Waals surface area contributed by atoms with Gasteiger partial charge in [-0.2, -0.15) is 0 Å². The molecule has 0 aliphatic heterocycles. The number of aromatic nitrogens is 3. The van der Waals surface area contributed by atoms with Gasteiger partial charge in [-0.05, 0) is 0 Å². The Morgan fingerprint density at radius 3 is 2.76 bits per heavy atom. The van der Waals surface area contributed by atoms with Crippen molar-refractivity contribution in [3.05, 3.63) is 28.8 Å². The molecule has 0 aromatic carbocycles. The van der Waals surface area contributed by atoms with Gasteiger partial charge in [0.05, 0.1) is 5.92 Å². The van der Waals surface area contributed by atoms with Crippen molar-refractivity contribution in [1.29, 1.82) is 0 Å². The molecule has 1 N–H and O–H groups in total. The van der Waals surface area contributed by atoms with Crippen LogP contribution in [0.3, 0.4) is 0 Å². The van der Waals surface area contributed by atoms with Crippen LogP contribution >= 0.6 is 0 Å². The molecule has 0 fully saturated rings. The minimum Gasteiger partial charge on any atom is -0.424 e. The van der Waals surface area contributed by atoms with Gasteiger partial charge in [-0.3, -0.25) is 9.59 Å². The first kappa shape index (κ1) is 11.3. The van der Waals surface area contributed by atoms with E-state index in [-0.39, 0.29) is 17.2 Å². The molecule has 2 aromatic rings. The Bertz CT molecular complexity index is 619. The van der Waals surface area contributed by atoms with Crippen LogP contribution in [0.4, 0.5) is 0 Å². The Morgan fingerprint density at radius 2 is 2.06 bits per heavy atom. The Hall–Kier alpha value is -2.24. The fourth-order valence-corrected chi connectivity index (χ4v) is 1.25. The molecule has 0 atom stereocenters. The van der Waals surface area contributed by atoms with Gasteiger partial charge < -0.3 is 9.72 Å². The molecule has 0 saturated heterocycles. The van der Waals surface area contributed by atoms with Gasteiger partial charge in [0.2, 0.25) is 0 Å². The van der Waals surface area contributed by atoms with Gasteiger partial charge in [0.15, 0.2) is 11.4 Å². The summed E-state index contributed by atoms with van der Waals surface area (Å²) in [6, 6.07) is 1.19. The molecule has 0 amide bonds. The van der Waals surface area contributed by atoms with Crippen LogP contribution < -0.4 is 10.3 Å². The lowest BCUT2D eigenvalue weighted by Gasteiger charge is -2.07. The monoisotopic (exact) mass is 233 g/mol. The first-order chi connectivity index (χ1) is 8.08. The number of hydrogen-bond acceptors (Lipinski definition) is 5. The molecule has 88 valence electrons. The van der Waals surface area contributed by atoms with Crippen molar-refractivity contribution in [3.63, 3.8) is 0 Å². The van der Waals surface area contributed by atoms with Crippen LogP contribution in [0.5, 0.6) is 5.75 Å². The predicted octanol–water partition coefficient (Wildman–Crippen LogP) is 0.879. The van der Waals surface area contributed by atoms with E-state index >= 15 is 0 Å². The molecule has 0 spiro atoms. The van der Waals surface area contributed by atoms with E-state index in [1.807, 2.05) is 0 Å². The highest BCUT2D eigenvalue weighted by molar-refractivity contribution is 5.82. The third-order valence-corrected chi connectivity index (χ3v) is 2.12. The van der Waals surface area contributed by atoms with Gasteiger partial charge in [0.25, 0.3) is 5.56 Å². The fraction of sp³-hybridized carbons (Fsp3) is 0.273. The molecule has 0 saturated carbocycles. The van der Waals surface area contributed by atoms with Crippen LogP contribution in [0.15, 0.2) is 23.3 Å². The molecule has 2 rings (SSSR count). The van der Waals surface area contributed by atoms with Crippen LogP contribution in [0, 0.1) is 5.92 Å². The van der Waals surface area contributed by atoms with Crippen molar-refractivity contribution in [2.45, 2.75) is 13.8 Å². The molecular formula is C11H11N3O3. The highest BCUT2D eigenvalue weighted by atomic mass is 16.5. The number of H-pyrrole nitrogens is 1. The van der Waals surface area contributed by atoms with Gasteiger partial charge in [-0.25, -0.2) is 9.97 Å². The zero-order chi connectivity index (χ0) is 12.4. The quantitative estimate of drug-likeness (QED) is 0.778. The molecule has 6 nitrogen and oxygen atoms in total. The van der Waals surface area contributed by atoms with Crippen molar-refractivity contribution in [3.8, 4) is 5.75 Å². The summed E-state index contributed by atoms with van der Waals surface area (Å²) in [5, 5.41) is 0. The summed E-state index contributed by atoms with van der Waals surface area (Å²) in [6.45, 7) is 3.42. The maximum Gasteiger partial charge on any atom is 0.313 e. The number of esters is 1. The largest absolute Gasteiger partial charge is 0.424 e. The highest BCUT2D eigenvalue weighted by Crippen LogP contribution is 2.18. The minimum absolute atomic E-state index is 0.135. The number of fused-ring (bicyclic) bond motifs is 1. The number of hydrogen-bond donors (Lipinski definition) is 1. The SMILES string of the molecule is CC(C)C(=O)Oc1cc(=O)[nH]c2nccnc12. The summed E-state index contributed by atoms with van der Waals surface area (Å²) in [4.78, 5) is 33.3. The van der Waals surface area contributed by atoms with Gasteiger partial charge >= 0.3 is 5.97 Å². The van der Waals surface area contributed by atoms with E-state index < -0.39 is 5.97 Å². The molecular weight excluding hydrogens is 222 g/mol. The van der Waals surface area contributed by atoms with Crippen LogP contribution in [-0.4, -0.2) is 20.9 Å². The topological polar surface area (TPSA) is 84.9 Å². The van der Waals surface area contributed by atoms with Gasteiger partial charge in [0, 0.05) is 18.5 Å². The Labute approximate surface area is 96.7 Å². The lowest BCUT2D eigenvalue weighted by Crippen LogP contribution is -2.17. The Balaban J connectivity index is 2.53. The first-order valence-electron chi connectivity index (χ1n) is 5.13. The standard InChI is InChI=1S/C11H11N3O3/c1-6(2)11(16)17-7-5-8(15)14-10-9(7)12-3-4-13-10/h3-6H,1-2H3,(H,13,14,15). The van der Waals surface area contributed by atoms with Crippen LogP contribution in [-0.2, 0) is 4.79 Å². The van der Waals surface area contributed by atoms with Crippen LogP contribution in [0.1, 0.15) is 13.8 Å². The lowest BCUT2D eigenvalue weighted by atomic mass is 10.2. The average molecular weight is 233 g/mol. The maximum absolute atomic E-state index is 11.5. The number of nitrogens with one attached hydrogen (secondary N) is 1. The molecule has 0 unspecified atom stereocenters. The van der Waals surface area contributed by atoms with Crippen molar-refractivity contribution in [1.82, 2.24) is 15.0 Å². The van der Waals surface area contributed by atoms with Crippen molar-refractivity contribution >= 4 is 17.1 Å². The number of ether oxygens (including phenoxy) is 1. The summed E-state index contributed by atoms with van der Waals surface area (Å²) >= 11 is 0. The molecule has 2 heterocycles. The summed E-state index contributed by atoms with van der Waals surface area (Å²) in [6.07, 6.45) is 2.92. The first-order valence-corrected chi connectivity index (χ1v) is 5.13. The molecule has 6 heteroatoms. The third-order valence-electron chi connectivity index (χ3n) is 2.12. The number of rotatable bonds is 2. The van der Waals surface area contributed by atoms with Gasteiger partial charge in [-0.15, -0.1) is 0 Å². The summed E-state index contributed by atoms with van der Waals surface area (Å²) in [5.74, 6) is -0.556. The van der Waals surface area contributed by atoms with Crippen LogP contribution in [0.25, 0.3) is 11.2 Å². The highest BCUT2D eigenvalue weighted by Gasteiger charge is 2.14. The van der Waals surface area contributed by atoms with E-state index in [0.29, 0.717) is 11.2 Å². The maximum atomic E-state index is 11.5. The Kier molecular flexibility index (Phi) is 2.86. The molecule has 17 heavy (non-hydrogen) atoms. The predicted molar refractivity (Wildman–Crippen MR) is 60.6 cm³/mol. The fourth-order valence-electron chi connectivity index (χ4n) is 1.25. The third kappa shape index (κ3) is 2.30. The van der Waals surface area contributed by atoms with E-state index in [2.05, 4.69) is 15.0 Å². The van der Waals surface area contributed by atoms with E-state index in [4.69, 9.17) is 4.74 Å². The lowest BCUT2D eigenvalue weighted by molar-refractivity contribution is -0.137. The number of nitrogens with zero attached hydrogens (tertiary/aromatic N) is 2. The smallest absolute Gasteiger partial charge is 0.313 e. The molecule has 0 bridgehead atoms. The van der Waals surface area contributed by atoms with E-state index in [1.54, 1.807) is 13.8 Å². The number of carbonyl (C=O) groups is 1. The average Bonchev–Trinajstić information content (AvgIpc) is 2.28. The van der Waals surface area contributed by atoms with Crippen LogP contribution in [0.2, 0.25) is 0 Å². The van der Waals surface area contributed by atoms with Crippen molar-refractivity contribution < 1.29 is 9.53 Å². The van der Waals surface area contributed by atoms with E-state index in [1.165, 1.54) is 18.5 Å². The molecule has 2 aromatic heterocycles. The van der Waals surface area contributed by atoms with E-state index in [9.17, 15) is 9.59 Å². The zero-order valence-electron chi connectivity index (χ0n) is 9.43. The number of aromatic amines is 1. The Morgan fingerprint density at radius 1 is 1.35 bits per heavy atom. The second-order valence-corrected chi connectivity index (χ2v) is 3.83. The summed E-state index contributed by atoms with van der Waals surface area (Å²) in [5.41, 5.74) is 0.275.